The SMILES string of the molecule is CCN(CC)CCC(=O)c1ccc2c3ccccc3n(C)c2c1.Cl. The maximum absolute atomic E-state index is 12.5. The molecular formula is C20H25ClN2O. The molecule has 0 fully saturated rings. The largest absolute Gasteiger partial charge is 0.344 e. The maximum Gasteiger partial charge on any atom is 0.164 e. The lowest BCUT2D eigenvalue weighted by molar-refractivity contribution is 0.0966. The van der Waals surface area contributed by atoms with Gasteiger partial charge in [-0.2, -0.15) is 0 Å². The van der Waals surface area contributed by atoms with Gasteiger partial charge in [0.2, 0.25) is 0 Å². The van der Waals surface area contributed by atoms with E-state index in [1.807, 2.05) is 12.1 Å². The van der Waals surface area contributed by atoms with Gasteiger partial charge < -0.3 is 9.47 Å². The highest BCUT2D eigenvalue weighted by Gasteiger charge is 2.12. The van der Waals surface area contributed by atoms with Crippen molar-refractivity contribution >= 4 is 40.0 Å². The number of Topliss-reactive ketones (excluding diaryl/α,β-unsaturated/α-hetero) is 1. The van der Waals surface area contributed by atoms with Crippen molar-refractivity contribution in [3.63, 3.8) is 0 Å². The van der Waals surface area contributed by atoms with Crippen LogP contribution in [0.3, 0.4) is 0 Å². The first kappa shape index (κ1) is 18.5. The molecule has 4 heteroatoms. The van der Waals surface area contributed by atoms with E-state index in [-0.39, 0.29) is 18.2 Å². The van der Waals surface area contributed by atoms with Gasteiger partial charge in [0, 0.05) is 47.4 Å². The van der Waals surface area contributed by atoms with E-state index in [0.29, 0.717) is 6.42 Å². The zero-order valence-corrected chi connectivity index (χ0v) is 15.4. The molecule has 3 rings (SSSR count). The minimum Gasteiger partial charge on any atom is -0.344 e. The van der Waals surface area contributed by atoms with Gasteiger partial charge in [0.15, 0.2) is 5.78 Å². The monoisotopic (exact) mass is 344 g/mol. The fraction of sp³-hybridized carbons (Fsp3) is 0.350. The van der Waals surface area contributed by atoms with Crippen LogP contribution in [0.5, 0.6) is 0 Å². The lowest BCUT2D eigenvalue weighted by atomic mass is 10.0. The summed E-state index contributed by atoms with van der Waals surface area (Å²) >= 11 is 0. The van der Waals surface area contributed by atoms with Gasteiger partial charge in [-0.3, -0.25) is 4.79 Å². The first-order chi connectivity index (χ1) is 11.2. The number of rotatable bonds is 6. The number of fused-ring (bicyclic) bond motifs is 3. The van der Waals surface area contributed by atoms with E-state index >= 15 is 0 Å². The van der Waals surface area contributed by atoms with Crippen LogP contribution >= 0.6 is 12.4 Å². The summed E-state index contributed by atoms with van der Waals surface area (Å²) < 4.78 is 2.17. The molecule has 0 atom stereocenters. The van der Waals surface area contributed by atoms with Crippen LogP contribution in [-0.2, 0) is 7.05 Å². The molecule has 0 aliphatic heterocycles. The summed E-state index contributed by atoms with van der Waals surface area (Å²) in [5, 5.41) is 2.45. The fourth-order valence-corrected chi connectivity index (χ4v) is 3.28. The first-order valence-electron chi connectivity index (χ1n) is 8.38. The molecule has 0 saturated heterocycles. The van der Waals surface area contributed by atoms with Gasteiger partial charge in [0.05, 0.1) is 0 Å². The molecule has 24 heavy (non-hydrogen) atoms. The Labute approximate surface area is 149 Å². The molecule has 128 valence electrons. The summed E-state index contributed by atoms with van der Waals surface area (Å²) in [6.45, 7) is 7.09. The van der Waals surface area contributed by atoms with Crippen LogP contribution in [-0.4, -0.2) is 34.9 Å². The third-order valence-electron chi connectivity index (χ3n) is 4.79. The van der Waals surface area contributed by atoms with Gasteiger partial charge in [0.1, 0.15) is 0 Å². The van der Waals surface area contributed by atoms with Crippen LogP contribution in [0.25, 0.3) is 21.8 Å². The molecule has 0 N–H and O–H groups in total. The summed E-state index contributed by atoms with van der Waals surface area (Å²) in [4.78, 5) is 14.8. The zero-order valence-electron chi connectivity index (χ0n) is 14.6. The average Bonchev–Trinajstić information content (AvgIpc) is 2.88. The Kier molecular flexibility index (Phi) is 6.03. The second-order valence-corrected chi connectivity index (χ2v) is 6.01. The van der Waals surface area contributed by atoms with E-state index in [1.165, 1.54) is 16.3 Å². The quantitative estimate of drug-likeness (QED) is 0.607. The number of hydrogen-bond acceptors (Lipinski definition) is 2. The summed E-state index contributed by atoms with van der Waals surface area (Å²) in [5.74, 6) is 0.226. The topological polar surface area (TPSA) is 25.2 Å². The highest BCUT2D eigenvalue weighted by atomic mass is 35.5. The number of aromatic nitrogens is 1. The maximum atomic E-state index is 12.5. The van der Waals surface area contributed by atoms with Gasteiger partial charge >= 0.3 is 0 Å². The molecule has 1 heterocycles. The van der Waals surface area contributed by atoms with E-state index in [2.05, 4.69) is 60.7 Å². The predicted octanol–water partition coefficient (Wildman–Crippen LogP) is 4.67. The molecule has 2 aromatic carbocycles. The molecule has 1 aromatic heterocycles. The van der Waals surface area contributed by atoms with Crippen molar-refractivity contribution in [2.24, 2.45) is 7.05 Å². The number of carbonyl (C=O) groups is 1. The number of ketones is 1. The number of halogens is 1. The Hall–Kier alpha value is -1.84. The van der Waals surface area contributed by atoms with Crippen molar-refractivity contribution in [3.8, 4) is 0 Å². The van der Waals surface area contributed by atoms with E-state index in [0.717, 1.165) is 30.7 Å². The number of nitrogens with zero attached hydrogens (tertiary/aromatic N) is 2. The van der Waals surface area contributed by atoms with Crippen molar-refractivity contribution in [2.45, 2.75) is 20.3 Å². The number of aryl methyl sites for hydroxylation is 1. The smallest absolute Gasteiger partial charge is 0.164 e. The molecule has 0 amide bonds. The lowest BCUT2D eigenvalue weighted by Gasteiger charge is -2.17. The van der Waals surface area contributed by atoms with Crippen LogP contribution < -0.4 is 0 Å². The molecule has 0 bridgehead atoms. The van der Waals surface area contributed by atoms with Crippen LogP contribution in [0.4, 0.5) is 0 Å². The fourth-order valence-electron chi connectivity index (χ4n) is 3.28. The van der Waals surface area contributed by atoms with Crippen molar-refractivity contribution in [3.05, 3.63) is 48.0 Å². The van der Waals surface area contributed by atoms with Gasteiger partial charge in [-0.1, -0.05) is 44.2 Å². The molecule has 0 spiro atoms. The highest BCUT2D eigenvalue weighted by Crippen LogP contribution is 2.28. The predicted molar refractivity (Wildman–Crippen MR) is 104 cm³/mol. The minimum atomic E-state index is 0. The number of para-hydroxylation sites is 1. The van der Waals surface area contributed by atoms with E-state index in [9.17, 15) is 4.79 Å². The van der Waals surface area contributed by atoms with Gasteiger partial charge in [-0.15, -0.1) is 12.4 Å². The molecule has 0 aliphatic rings. The van der Waals surface area contributed by atoms with Crippen LogP contribution in [0.15, 0.2) is 42.5 Å². The highest BCUT2D eigenvalue weighted by molar-refractivity contribution is 6.10. The van der Waals surface area contributed by atoms with E-state index in [4.69, 9.17) is 0 Å². The molecule has 3 aromatic rings. The first-order valence-corrected chi connectivity index (χ1v) is 8.38. The standard InChI is InChI=1S/C20H24N2O.ClH/c1-4-22(5-2)13-12-20(23)15-10-11-17-16-8-6-7-9-18(16)21(3)19(17)14-15;/h6-11,14H,4-5,12-13H2,1-3H3;1H. The summed E-state index contributed by atoms with van der Waals surface area (Å²) in [6.07, 6.45) is 0.580. The molecular weight excluding hydrogens is 320 g/mol. The van der Waals surface area contributed by atoms with Gasteiger partial charge in [-0.05, 0) is 25.2 Å². The molecule has 0 radical (unpaired) electrons. The van der Waals surface area contributed by atoms with Gasteiger partial charge in [-0.25, -0.2) is 0 Å². The summed E-state index contributed by atoms with van der Waals surface area (Å²) in [7, 11) is 2.06. The Morgan fingerprint density at radius 2 is 1.67 bits per heavy atom. The van der Waals surface area contributed by atoms with E-state index in [1.54, 1.807) is 0 Å². The second kappa shape index (κ2) is 7.82. The van der Waals surface area contributed by atoms with Crippen molar-refractivity contribution in [2.75, 3.05) is 19.6 Å². The Bertz CT molecular complexity index is 849. The third kappa shape index (κ3) is 3.33. The van der Waals surface area contributed by atoms with Crippen LogP contribution in [0.1, 0.15) is 30.6 Å². The molecule has 0 aliphatic carbocycles. The van der Waals surface area contributed by atoms with Crippen molar-refractivity contribution in [1.82, 2.24) is 9.47 Å². The molecule has 0 saturated carbocycles. The lowest BCUT2D eigenvalue weighted by Crippen LogP contribution is -2.25. The van der Waals surface area contributed by atoms with Crippen LogP contribution in [0.2, 0.25) is 0 Å². The molecule has 3 nitrogen and oxygen atoms in total. The van der Waals surface area contributed by atoms with Gasteiger partial charge in [0.25, 0.3) is 0 Å². The zero-order chi connectivity index (χ0) is 16.4. The number of carbonyl (C=O) groups excluding carboxylic acids is 1. The Morgan fingerprint density at radius 1 is 1.00 bits per heavy atom. The molecule has 0 unspecified atom stereocenters. The van der Waals surface area contributed by atoms with Crippen LogP contribution in [0, 0.1) is 0 Å². The third-order valence-corrected chi connectivity index (χ3v) is 4.79. The Morgan fingerprint density at radius 3 is 2.38 bits per heavy atom. The average molecular weight is 345 g/mol. The number of benzene rings is 2. The minimum absolute atomic E-state index is 0. The van der Waals surface area contributed by atoms with Crippen molar-refractivity contribution in [1.29, 1.82) is 0 Å². The van der Waals surface area contributed by atoms with E-state index < -0.39 is 0 Å². The van der Waals surface area contributed by atoms with Crippen molar-refractivity contribution < 1.29 is 4.79 Å². The Balaban J connectivity index is 0.00000208. The summed E-state index contributed by atoms with van der Waals surface area (Å²) in [5.41, 5.74) is 3.14. The normalized spacial score (nSPS) is 11.2. The second-order valence-electron chi connectivity index (χ2n) is 6.01. The summed E-state index contributed by atoms with van der Waals surface area (Å²) in [6, 6.07) is 14.5. The number of hydrogen-bond donors (Lipinski definition) is 0.